The number of nitrogens with one attached hydrogen (secondary N) is 1. The molecule has 0 saturated carbocycles. The highest BCUT2D eigenvalue weighted by Crippen LogP contribution is 2.27. The molecule has 0 aliphatic heterocycles. The van der Waals surface area contributed by atoms with Gasteiger partial charge in [0.1, 0.15) is 11.6 Å². The van der Waals surface area contributed by atoms with Crippen molar-refractivity contribution in [2.75, 3.05) is 19.1 Å². The summed E-state index contributed by atoms with van der Waals surface area (Å²) in [5.74, 6) is 7.72. The van der Waals surface area contributed by atoms with Crippen LogP contribution in [0.1, 0.15) is 12.5 Å². The Morgan fingerprint density at radius 2 is 2.25 bits per heavy atom. The van der Waals surface area contributed by atoms with E-state index in [1.165, 1.54) is 0 Å². The lowest BCUT2D eigenvalue weighted by Crippen LogP contribution is -2.11. The average molecular weight is 293 g/mol. The van der Waals surface area contributed by atoms with Crippen LogP contribution in [0.25, 0.3) is 10.9 Å². The second-order valence-corrected chi connectivity index (χ2v) is 5.93. The van der Waals surface area contributed by atoms with Gasteiger partial charge in [-0.05, 0) is 18.2 Å². The van der Waals surface area contributed by atoms with Crippen LogP contribution in [0.5, 0.6) is 5.75 Å². The number of aliphatic hydroxyl groups is 1. The van der Waals surface area contributed by atoms with E-state index in [-0.39, 0.29) is 11.9 Å². The summed E-state index contributed by atoms with van der Waals surface area (Å²) >= 11 is 1.66. The fraction of sp³-hybridized carbons (Fsp3) is 0.357. The van der Waals surface area contributed by atoms with Gasteiger partial charge in [0.2, 0.25) is 0 Å². The zero-order valence-electron chi connectivity index (χ0n) is 11.6. The summed E-state index contributed by atoms with van der Waals surface area (Å²) in [6.07, 6.45) is 0. The van der Waals surface area contributed by atoms with E-state index in [1.807, 2.05) is 25.1 Å². The minimum Gasteiger partial charge on any atom is -0.497 e. The number of hydrazine groups is 1. The number of aliphatic hydroxyl groups excluding tert-OH is 1. The van der Waals surface area contributed by atoms with Crippen LogP contribution < -0.4 is 16.0 Å². The molecular weight excluding hydrogens is 274 g/mol. The van der Waals surface area contributed by atoms with Crippen LogP contribution in [0.15, 0.2) is 24.3 Å². The van der Waals surface area contributed by atoms with Crippen molar-refractivity contribution in [3.8, 4) is 5.75 Å². The summed E-state index contributed by atoms with van der Waals surface area (Å²) < 4.78 is 5.20. The van der Waals surface area contributed by atoms with E-state index in [0.717, 1.165) is 28.0 Å². The minimum atomic E-state index is 0.161. The number of ether oxygens (including phenoxy) is 1. The van der Waals surface area contributed by atoms with E-state index < -0.39 is 0 Å². The lowest BCUT2D eigenvalue weighted by Gasteiger charge is -2.12. The molecule has 0 fully saturated rings. The predicted molar refractivity (Wildman–Crippen MR) is 83.9 cm³/mol. The highest BCUT2D eigenvalue weighted by atomic mass is 32.2. The van der Waals surface area contributed by atoms with Gasteiger partial charge in [-0.15, -0.1) is 0 Å². The largest absolute Gasteiger partial charge is 0.497 e. The van der Waals surface area contributed by atoms with Gasteiger partial charge in [-0.3, -0.25) is 0 Å². The molecule has 1 heterocycles. The van der Waals surface area contributed by atoms with Crippen molar-refractivity contribution in [3.63, 3.8) is 0 Å². The highest BCUT2D eigenvalue weighted by Gasteiger charge is 2.09. The number of nitrogen functional groups attached to an aromatic ring is 1. The highest BCUT2D eigenvalue weighted by molar-refractivity contribution is 7.99. The normalized spacial score (nSPS) is 12.4. The summed E-state index contributed by atoms with van der Waals surface area (Å²) in [6.45, 7) is 2.15. The van der Waals surface area contributed by atoms with Gasteiger partial charge in [-0.1, -0.05) is 6.92 Å². The molecule has 1 aromatic heterocycles. The molecule has 0 aliphatic carbocycles. The summed E-state index contributed by atoms with van der Waals surface area (Å²) in [5, 5.41) is 10.3. The van der Waals surface area contributed by atoms with Gasteiger partial charge >= 0.3 is 0 Å². The molecule has 108 valence electrons. The molecule has 2 rings (SSSR count). The van der Waals surface area contributed by atoms with Gasteiger partial charge in [0.05, 0.1) is 19.2 Å². The number of nitrogens with two attached hydrogens (primary N) is 1. The second-order valence-electron chi connectivity index (χ2n) is 4.50. The van der Waals surface area contributed by atoms with E-state index in [4.69, 9.17) is 15.7 Å². The fourth-order valence-electron chi connectivity index (χ4n) is 1.84. The predicted octanol–water partition coefficient (Wildman–Crippen LogP) is 2.14. The first-order valence-corrected chi connectivity index (χ1v) is 7.39. The summed E-state index contributed by atoms with van der Waals surface area (Å²) in [5.41, 5.74) is 4.50. The number of nitrogens with zero attached hydrogens (tertiary/aromatic N) is 1. The summed E-state index contributed by atoms with van der Waals surface area (Å²) in [4.78, 5) is 4.51. The van der Waals surface area contributed by atoms with E-state index in [9.17, 15) is 0 Å². The Balaban J connectivity index is 2.34. The first kappa shape index (κ1) is 14.9. The Morgan fingerprint density at radius 3 is 2.90 bits per heavy atom. The summed E-state index contributed by atoms with van der Waals surface area (Å²) in [7, 11) is 1.63. The van der Waals surface area contributed by atoms with E-state index in [0.29, 0.717) is 5.82 Å². The molecule has 5 nitrogen and oxygen atoms in total. The number of thioether (sulfide) groups is 1. The second kappa shape index (κ2) is 6.78. The number of hydrogen-bond acceptors (Lipinski definition) is 6. The Kier molecular flexibility index (Phi) is 5.05. The third-order valence-electron chi connectivity index (χ3n) is 3.02. The SMILES string of the molecule is COc1ccc2cc(CSC(C)CO)c(NN)nc2c1. The molecule has 20 heavy (non-hydrogen) atoms. The first-order chi connectivity index (χ1) is 9.67. The van der Waals surface area contributed by atoms with Crippen LogP contribution in [0.3, 0.4) is 0 Å². The van der Waals surface area contributed by atoms with Gasteiger partial charge in [0.25, 0.3) is 0 Å². The molecule has 0 amide bonds. The maximum Gasteiger partial charge on any atom is 0.144 e. The number of anilines is 1. The molecule has 1 unspecified atom stereocenters. The van der Waals surface area contributed by atoms with Gasteiger partial charge < -0.3 is 15.3 Å². The minimum absolute atomic E-state index is 0.161. The maximum absolute atomic E-state index is 9.08. The summed E-state index contributed by atoms with van der Waals surface area (Å²) in [6, 6.07) is 7.83. The van der Waals surface area contributed by atoms with Crippen molar-refractivity contribution in [2.45, 2.75) is 17.9 Å². The first-order valence-electron chi connectivity index (χ1n) is 6.34. The Hall–Kier alpha value is -1.50. The van der Waals surface area contributed by atoms with Gasteiger partial charge in [0.15, 0.2) is 0 Å². The van der Waals surface area contributed by atoms with Crippen LogP contribution in [0, 0.1) is 0 Å². The van der Waals surface area contributed by atoms with Crippen molar-refractivity contribution >= 4 is 28.5 Å². The maximum atomic E-state index is 9.08. The van der Waals surface area contributed by atoms with Gasteiger partial charge in [-0.2, -0.15) is 11.8 Å². The van der Waals surface area contributed by atoms with Gasteiger partial charge in [0, 0.05) is 28.0 Å². The topological polar surface area (TPSA) is 80.4 Å². The van der Waals surface area contributed by atoms with Crippen molar-refractivity contribution in [3.05, 3.63) is 29.8 Å². The number of fused-ring (bicyclic) bond motifs is 1. The van der Waals surface area contributed by atoms with Crippen LogP contribution in [-0.4, -0.2) is 29.1 Å². The monoisotopic (exact) mass is 293 g/mol. The molecular formula is C14H19N3O2S. The molecule has 0 saturated heterocycles. The zero-order chi connectivity index (χ0) is 14.5. The molecule has 1 atom stereocenters. The standard InChI is InChI=1S/C14H19N3O2S/c1-9(7-18)20-8-11-5-10-3-4-12(19-2)6-13(10)16-14(11)17-15/h3-6,9,18H,7-8,15H2,1-2H3,(H,16,17). The molecule has 6 heteroatoms. The number of rotatable bonds is 6. The molecule has 4 N–H and O–H groups in total. The van der Waals surface area contributed by atoms with E-state index in [2.05, 4.69) is 16.5 Å². The van der Waals surface area contributed by atoms with Crippen molar-refractivity contribution in [1.82, 2.24) is 4.98 Å². The quantitative estimate of drug-likeness (QED) is 0.559. The third kappa shape index (κ3) is 3.33. The number of aromatic nitrogens is 1. The van der Waals surface area contributed by atoms with E-state index >= 15 is 0 Å². The Morgan fingerprint density at radius 1 is 1.45 bits per heavy atom. The number of benzene rings is 1. The fourth-order valence-corrected chi connectivity index (χ4v) is 2.63. The number of methoxy groups -OCH3 is 1. The Bertz CT molecular complexity index is 592. The molecule has 0 spiro atoms. The molecule has 0 radical (unpaired) electrons. The molecule has 0 bridgehead atoms. The van der Waals surface area contributed by atoms with Crippen LogP contribution in [0.2, 0.25) is 0 Å². The van der Waals surface area contributed by atoms with Crippen LogP contribution >= 0.6 is 11.8 Å². The third-order valence-corrected chi connectivity index (χ3v) is 4.22. The van der Waals surface area contributed by atoms with Crippen molar-refractivity contribution in [1.29, 1.82) is 0 Å². The van der Waals surface area contributed by atoms with E-state index in [1.54, 1.807) is 18.9 Å². The molecule has 2 aromatic rings. The lowest BCUT2D eigenvalue weighted by atomic mass is 10.1. The molecule has 0 aliphatic rings. The van der Waals surface area contributed by atoms with Crippen molar-refractivity contribution < 1.29 is 9.84 Å². The number of pyridine rings is 1. The average Bonchev–Trinajstić information content (AvgIpc) is 2.50. The zero-order valence-corrected chi connectivity index (χ0v) is 12.4. The van der Waals surface area contributed by atoms with Crippen LogP contribution in [0.4, 0.5) is 5.82 Å². The molecule has 1 aromatic carbocycles. The smallest absolute Gasteiger partial charge is 0.144 e. The Labute approximate surface area is 122 Å². The van der Waals surface area contributed by atoms with Crippen molar-refractivity contribution in [2.24, 2.45) is 5.84 Å². The number of hydrogen-bond donors (Lipinski definition) is 3. The lowest BCUT2D eigenvalue weighted by molar-refractivity contribution is 0.300. The van der Waals surface area contributed by atoms with Gasteiger partial charge in [-0.25, -0.2) is 10.8 Å². The van der Waals surface area contributed by atoms with Crippen LogP contribution in [-0.2, 0) is 5.75 Å².